The predicted molar refractivity (Wildman–Crippen MR) is 139 cm³/mol. The van der Waals surface area contributed by atoms with Crippen LogP contribution < -0.4 is 5.73 Å². The summed E-state index contributed by atoms with van der Waals surface area (Å²) in [5, 5.41) is 16.7. The van der Waals surface area contributed by atoms with Crippen molar-refractivity contribution in [1.29, 1.82) is 0 Å². The van der Waals surface area contributed by atoms with Gasteiger partial charge in [-0.2, -0.15) is 27.1 Å². The van der Waals surface area contributed by atoms with Crippen LogP contribution in [0.1, 0.15) is 0 Å². The fourth-order valence-electron chi connectivity index (χ4n) is 3.15. The number of nitrogen functional groups attached to an aromatic ring is 1. The Hall–Kier alpha value is -4.42. The average Bonchev–Trinajstić information content (AvgIpc) is 2.86. The molecule has 39 heavy (non-hydrogen) atoms. The van der Waals surface area contributed by atoms with E-state index in [0.717, 1.165) is 6.07 Å². The number of hydrogen-bond donors (Lipinski definition) is 3. The van der Waals surface area contributed by atoms with Crippen molar-refractivity contribution in [2.75, 3.05) is 5.73 Å². The molecule has 0 atom stereocenters. The average molecular weight is 592 g/mol. The van der Waals surface area contributed by atoms with Gasteiger partial charge in [-0.3, -0.25) is 9.11 Å². The van der Waals surface area contributed by atoms with Gasteiger partial charge in [0.1, 0.15) is 10.6 Å². The Labute approximate surface area is 223 Å². The van der Waals surface area contributed by atoms with Crippen molar-refractivity contribution in [3.05, 3.63) is 78.9 Å². The molecule has 0 bridgehead atoms. The summed E-state index contributed by atoms with van der Waals surface area (Å²) in [4.78, 5) is -0.876. The topological polar surface area (TPSA) is 235 Å². The fraction of sp³-hybridized carbons (Fsp3) is 0. The van der Waals surface area contributed by atoms with Crippen molar-refractivity contribution >= 4 is 70.1 Å². The van der Waals surface area contributed by atoms with E-state index >= 15 is 0 Å². The maximum absolute atomic E-state index is 12.0. The lowest BCUT2D eigenvalue weighted by molar-refractivity contribution is 0.481. The van der Waals surface area contributed by atoms with Crippen molar-refractivity contribution in [1.82, 2.24) is 0 Å². The molecule has 4 N–H and O–H groups in total. The summed E-state index contributed by atoms with van der Waals surface area (Å²) in [5.74, 6) is 0. The fourth-order valence-corrected chi connectivity index (χ4v) is 4.30. The Morgan fingerprint density at radius 3 is 1.82 bits per heavy atom. The van der Waals surface area contributed by atoms with Crippen LogP contribution in [-0.2, 0) is 30.8 Å². The Morgan fingerprint density at radius 1 is 0.615 bits per heavy atom. The third-order valence-corrected chi connectivity index (χ3v) is 6.55. The minimum atomic E-state index is -4.68. The minimum Gasteiger partial charge on any atom is -0.398 e. The molecular weight excluding hydrogens is 574 g/mol. The van der Waals surface area contributed by atoms with Crippen LogP contribution in [0.25, 0.3) is 10.8 Å². The van der Waals surface area contributed by atoms with Crippen molar-refractivity contribution in [3.63, 3.8) is 0 Å². The molecule has 14 nitrogen and oxygen atoms in total. The molecule has 0 saturated heterocycles. The second-order valence-corrected chi connectivity index (χ2v) is 10.6. The van der Waals surface area contributed by atoms with Gasteiger partial charge in [0.05, 0.1) is 22.0 Å². The maximum atomic E-state index is 12.0. The highest BCUT2D eigenvalue weighted by atomic mass is 32.2. The van der Waals surface area contributed by atoms with Gasteiger partial charge in [-0.05, 0) is 54.6 Å². The van der Waals surface area contributed by atoms with Crippen molar-refractivity contribution in [3.8, 4) is 0 Å². The van der Waals surface area contributed by atoms with Gasteiger partial charge in [0, 0.05) is 16.5 Å². The first-order valence-electron chi connectivity index (χ1n) is 10.3. The molecular formula is C22H17N5O9S3. The zero-order chi connectivity index (χ0) is 28.8. The largest absolute Gasteiger partial charge is 0.425 e. The lowest BCUT2D eigenvalue weighted by Crippen LogP contribution is -1.98. The van der Waals surface area contributed by atoms with E-state index < -0.39 is 35.7 Å². The van der Waals surface area contributed by atoms with Crippen LogP contribution >= 0.6 is 0 Å². The Balaban J connectivity index is 0.000000983. The summed E-state index contributed by atoms with van der Waals surface area (Å²) in [6.45, 7) is 0. The smallest absolute Gasteiger partial charge is 0.398 e. The summed E-state index contributed by atoms with van der Waals surface area (Å²) in [6.07, 6.45) is 0. The summed E-state index contributed by atoms with van der Waals surface area (Å²) < 4.78 is 91.1. The first-order chi connectivity index (χ1) is 18.3. The highest BCUT2D eigenvalue weighted by Crippen LogP contribution is 2.35. The predicted octanol–water partition coefficient (Wildman–Crippen LogP) is 4.74. The van der Waals surface area contributed by atoms with E-state index in [-0.39, 0.29) is 27.6 Å². The Bertz CT molecular complexity index is 1920. The molecule has 4 rings (SSSR count). The Morgan fingerprint density at radius 2 is 1.21 bits per heavy atom. The van der Waals surface area contributed by atoms with Gasteiger partial charge >= 0.3 is 10.6 Å². The molecule has 0 saturated carbocycles. The van der Waals surface area contributed by atoms with E-state index in [0.29, 0.717) is 16.5 Å². The molecule has 0 aromatic heterocycles. The van der Waals surface area contributed by atoms with Gasteiger partial charge in [0.25, 0.3) is 20.2 Å². The van der Waals surface area contributed by atoms with Crippen LogP contribution in [0, 0.1) is 0 Å². The number of nitrogens with two attached hydrogens (primary N) is 1. The zero-order valence-electron chi connectivity index (χ0n) is 19.3. The zero-order valence-corrected chi connectivity index (χ0v) is 21.8. The number of hydrogen-bond acceptors (Lipinski definition) is 12. The molecule has 0 aliphatic heterocycles. The monoisotopic (exact) mass is 591 g/mol. The van der Waals surface area contributed by atoms with Gasteiger partial charge in [0.15, 0.2) is 0 Å². The van der Waals surface area contributed by atoms with Crippen molar-refractivity contribution < 1.29 is 38.6 Å². The number of nitrogens with zero attached hydrogens (tertiary/aromatic N) is 4. The Kier molecular flexibility index (Phi) is 8.94. The number of azo groups is 2. The second-order valence-electron chi connectivity index (χ2n) is 7.42. The number of rotatable bonds is 6. The molecule has 0 heterocycles. The highest BCUT2D eigenvalue weighted by molar-refractivity contribution is 7.86. The van der Waals surface area contributed by atoms with Gasteiger partial charge < -0.3 is 5.73 Å². The second kappa shape index (κ2) is 12.0. The lowest BCUT2D eigenvalue weighted by atomic mass is 10.1. The first-order valence-corrected chi connectivity index (χ1v) is 14.2. The maximum Gasteiger partial charge on any atom is 0.425 e. The first kappa shape index (κ1) is 29.1. The molecule has 17 heteroatoms. The van der Waals surface area contributed by atoms with Crippen molar-refractivity contribution in [2.24, 2.45) is 20.5 Å². The molecule has 0 spiro atoms. The molecule has 0 radical (unpaired) electrons. The molecule has 0 amide bonds. The van der Waals surface area contributed by atoms with E-state index in [1.165, 1.54) is 42.5 Å². The SMILES string of the molecule is Nc1ccc(N=Nc2ccc(N=Nc3ccccc3)cc2S(=O)(=O)O)c2ccc(S(=O)(=O)O)cc12.O=S(=O)=O. The van der Waals surface area contributed by atoms with E-state index in [4.69, 9.17) is 18.4 Å². The highest BCUT2D eigenvalue weighted by Gasteiger charge is 2.17. The van der Waals surface area contributed by atoms with E-state index in [9.17, 15) is 25.9 Å². The minimum absolute atomic E-state index is 0.161. The van der Waals surface area contributed by atoms with E-state index in [1.54, 1.807) is 24.3 Å². The quantitative estimate of drug-likeness (QED) is 0.158. The standard InChI is InChI=1S/C22H17N5O6S2.O3S/c23-19-9-11-20(17-8-7-16(13-18(17)19)34(28,29)30)26-27-21-10-6-15(12-22(21)35(31,32)33)25-24-14-4-2-1-3-5-14;1-4(2)3/h1-13H,23H2,(H,28,29,30)(H,31,32,33);. The summed E-state index contributed by atoms with van der Waals surface area (Å²) in [7, 11) is -12.2. The third-order valence-electron chi connectivity index (χ3n) is 4.82. The molecule has 4 aromatic carbocycles. The van der Waals surface area contributed by atoms with Gasteiger partial charge in [-0.15, -0.1) is 22.9 Å². The van der Waals surface area contributed by atoms with Crippen LogP contribution in [0.5, 0.6) is 0 Å². The van der Waals surface area contributed by atoms with Gasteiger partial charge in [0.2, 0.25) is 0 Å². The van der Waals surface area contributed by atoms with Crippen molar-refractivity contribution in [2.45, 2.75) is 9.79 Å². The third kappa shape index (κ3) is 8.03. The molecule has 0 aliphatic rings. The van der Waals surface area contributed by atoms with Gasteiger partial charge in [-0.25, -0.2) is 0 Å². The molecule has 0 aliphatic carbocycles. The molecule has 4 aromatic rings. The van der Waals surface area contributed by atoms with Gasteiger partial charge in [-0.1, -0.05) is 24.3 Å². The number of anilines is 1. The molecule has 0 unspecified atom stereocenters. The van der Waals surface area contributed by atoms with Crippen LogP contribution in [-0.4, -0.2) is 38.6 Å². The lowest BCUT2D eigenvalue weighted by Gasteiger charge is -2.07. The molecule has 202 valence electrons. The summed E-state index contributed by atoms with van der Waals surface area (Å²) in [6, 6.07) is 19.4. The number of fused-ring (bicyclic) bond motifs is 1. The van der Waals surface area contributed by atoms with E-state index in [1.807, 2.05) is 6.07 Å². The summed E-state index contributed by atoms with van der Waals surface area (Å²) in [5.41, 5.74) is 6.96. The van der Waals surface area contributed by atoms with Crippen LogP contribution in [0.4, 0.5) is 28.4 Å². The molecule has 0 fully saturated rings. The van der Waals surface area contributed by atoms with Crippen LogP contribution in [0.3, 0.4) is 0 Å². The number of benzene rings is 4. The normalized spacial score (nSPS) is 11.9. The van der Waals surface area contributed by atoms with E-state index in [2.05, 4.69) is 20.5 Å². The van der Waals surface area contributed by atoms with Crippen LogP contribution in [0.2, 0.25) is 0 Å². The van der Waals surface area contributed by atoms with Crippen LogP contribution in [0.15, 0.2) is 109 Å². The summed E-state index contributed by atoms with van der Waals surface area (Å²) >= 11 is 0.